The standard InChI is InChI=1S/C20H30N2O3/c1-17(23)21-12-13-22(18-8-4-2-5-9-18)15-20(24,14-21)16-25-19-10-6-3-7-11-19/h3,6-7,10-11,18,24H,2,4-5,8-9,12-16H2,1H3. The Kier molecular flexibility index (Phi) is 5.97. The van der Waals surface area contributed by atoms with E-state index in [2.05, 4.69) is 4.90 Å². The van der Waals surface area contributed by atoms with Crippen LogP contribution in [0, 0.1) is 0 Å². The van der Waals surface area contributed by atoms with E-state index in [4.69, 9.17) is 4.74 Å². The minimum Gasteiger partial charge on any atom is -0.490 e. The minimum absolute atomic E-state index is 0.0173. The smallest absolute Gasteiger partial charge is 0.219 e. The fourth-order valence-corrected chi connectivity index (χ4v) is 4.04. The molecule has 0 aromatic heterocycles. The molecule has 0 bridgehead atoms. The van der Waals surface area contributed by atoms with Gasteiger partial charge in [0.1, 0.15) is 18.0 Å². The fourth-order valence-electron chi connectivity index (χ4n) is 4.04. The highest BCUT2D eigenvalue weighted by atomic mass is 16.5. The zero-order valence-corrected chi connectivity index (χ0v) is 15.2. The van der Waals surface area contributed by atoms with Gasteiger partial charge in [0.15, 0.2) is 0 Å². The van der Waals surface area contributed by atoms with Crippen LogP contribution in [0.3, 0.4) is 0 Å². The number of hydrogen-bond donors (Lipinski definition) is 1. The van der Waals surface area contributed by atoms with Crippen LogP contribution in [0.2, 0.25) is 0 Å². The van der Waals surface area contributed by atoms with Gasteiger partial charge in [-0.15, -0.1) is 0 Å². The Morgan fingerprint density at radius 1 is 1.16 bits per heavy atom. The summed E-state index contributed by atoms with van der Waals surface area (Å²) < 4.78 is 5.85. The second kappa shape index (κ2) is 8.19. The van der Waals surface area contributed by atoms with Crippen molar-refractivity contribution in [2.45, 2.75) is 50.7 Å². The van der Waals surface area contributed by atoms with Gasteiger partial charge in [0.25, 0.3) is 0 Å². The molecule has 3 rings (SSSR count). The quantitative estimate of drug-likeness (QED) is 0.909. The van der Waals surface area contributed by atoms with E-state index >= 15 is 0 Å². The Morgan fingerprint density at radius 3 is 2.56 bits per heavy atom. The van der Waals surface area contributed by atoms with Crippen molar-refractivity contribution in [2.24, 2.45) is 0 Å². The molecule has 2 fully saturated rings. The molecule has 1 aliphatic heterocycles. The summed E-state index contributed by atoms with van der Waals surface area (Å²) in [5.41, 5.74) is -1.05. The number of hydrogen-bond acceptors (Lipinski definition) is 4. The molecule has 1 saturated heterocycles. The van der Waals surface area contributed by atoms with Gasteiger partial charge < -0.3 is 14.7 Å². The number of carbonyl (C=O) groups is 1. The Hall–Kier alpha value is -1.59. The van der Waals surface area contributed by atoms with Crippen LogP contribution in [0.15, 0.2) is 30.3 Å². The van der Waals surface area contributed by atoms with E-state index in [-0.39, 0.29) is 12.5 Å². The number of β-amino-alcohol motifs (C(OH)–C–C–N with tert-alkyl or cyclic N) is 1. The first kappa shape index (κ1) is 18.2. The zero-order chi connectivity index (χ0) is 17.7. The number of rotatable bonds is 4. The minimum atomic E-state index is -1.05. The van der Waals surface area contributed by atoms with Gasteiger partial charge in [0.2, 0.25) is 5.91 Å². The Balaban J connectivity index is 1.71. The molecule has 5 heteroatoms. The number of ether oxygens (including phenoxy) is 1. The van der Waals surface area contributed by atoms with E-state index in [1.807, 2.05) is 30.3 Å². The first-order valence-electron chi connectivity index (χ1n) is 9.46. The van der Waals surface area contributed by atoms with Crippen LogP contribution < -0.4 is 4.74 Å². The topological polar surface area (TPSA) is 53.0 Å². The van der Waals surface area contributed by atoms with Crippen LogP contribution in [-0.2, 0) is 4.79 Å². The number of carbonyl (C=O) groups excluding carboxylic acids is 1. The van der Waals surface area contributed by atoms with E-state index in [1.54, 1.807) is 11.8 Å². The van der Waals surface area contributed by atoms with Crippen LogP contribution in [-0.4, -0.2) is 65.2 Å². The molecular weight excluding hydrogens is 316 g/mol. The molecule has 1 aromatic rings. The summed E-state index contributed by atoms with van der Waals surface area (Å²) in [7, 11) is 0. The van der Waals surface area contributed by atoms with Crippen LogP contribution in [0.5, 0.6) is 5.75 Å². The van der Waals surface area contributed by atoms with Gasteiger partial charge in [0, 0.05) is 32.6 Å². The average Bonchev–Trinajstić information content (AvgIpc) is 2.82. The monoisotopic (exact) mass is 346 g/mol. The maximum absolute atomic E-state index is 12.0. The van der Waals surface area contributed by atoms with Gasteiger partial charge in [-0.2, -0.15) is 0 Å². The van der Waals surface area contributed by atoms with E-state index in [1.165, 1.54) is 32.1 Å². The van der Waals surface area contributed by atoms with Crippen LogP contribution in [0.1, 0.15) is 39.0 Å². The molecule has 1 aliphatic carbocycles. The van der Waals surface area contributed by atoms with Gasteiger partial charge in [0.05, 0.1) is 6.54 Å². The van der Waals surface area contributed by atoms with E-state index < -0.39 is 5.60 Å². The number of aliphatic hydroxyl groups is 1. The third kappa shape index (κ3) is 4.95. The molecule has 138 valence electrons. The second-order valence-electron chi connectivity index (χ2n) is 7.53. The molecule has 1 unspecified atom stereocenters. The third-order valence-electron chi connectivity index (χ3n) is 5.43. The van der Waals surface area contributed by atoms with Gasteiger partial charge in [-0.05, 0) is 25.0 Å². The van der Waals surface area contributed by atoms with Crippen molar-refractivity contribution in [1.82, 2.24) is 9.80 Å². The SMILES string of the molecule is CC(=O)N1CCN(C2CCCCC2)CC(O)(COc2ccccc2)C1. The highest BCUT2D eigenvalue weighted by molar-refractivity contribution is 5.73. The molecule has 1 N–H and O–H groups in total. The lowest BCUT2D eigenvalue weighted by atomic mass is 9.93. The predicted octanol–water partition coefficient (Wildman–Crippen LogP) is 2.29. The van der Waals surface area contributed by atoms with Crippen LogP contribution in [0.25, 0.3) is 0 Å². The van der Waals surface area contributed by atoms with Crippen molar-refractivity contribution in [3.8, 4) is 5.75 Å². The molecule has 0 radical (unpaired) electrons. The van der Waals surface area contributed by atoms with Crippen LogP contribution >= 0.6 is 0 Å². The number of para-hydroxylation sites is 1. The van der Waals surface area contributed by atoms with Gasteiger partial charge in [-0.25, -0.2) is 0 Å². The summed E-state index contributed by atoms with van der Waals surface area (Å²) in [6, 6.07) is 10.1. The van der Waals surface area contributed by atoms with Gasteiger partial charge in [-0.3, -0.25) is 9.69 Å². The lowest BCUT2D eigenvalue weighted by Gasteiger charge is -2.37. The maximum Gasteiger partial charge on any atom is 0.219 e. The summed E-state index contributed by atoms with van der Waals surface area (Å²) >= 11 is 0. The molecule has 1 saturated carbocycles. The van der Waals surface area contributed by atoms with Crippen molar-refractivity contribution >= 4 is 5.91 Å². The Bertz CT molecular complexity index is 559. The third-order valence-corrected chi connectivity index (χ3v) is 5.43. The van der Waals surface area contributed by atoms with Gasteiger partial charge in [-0.1, -0.05) is 37.5 Å². The van der Waals surface area contributed by atoms with Crippen molar-refractivity contribution in [2.75, 3.05) is 32.8 Å². The predicted molar refractivity (Wildman–Crippen MR) is 97.6 cm³/mol. The summed E-state index contributed by atoms with van der Waals surface area (Å²) in [5, 5.41) is 11.3. The lowest BCUT2D eigenvalue weighted by Crippen LogP contribution is -2.53. The Labute approximate surface area is 150 Å². The molecule has 25 heavy (non-hydrogen) atoms. The fraction of sp³-hybridized carbons (Fsp3) is 0.650. The molecule has 1 aromatic carbocycles. The van der Waals surface area contributed by atoms with Crippen molar-refractivity contribution in [1.29, 1.82) is 0 Å². The average molecular weight is 346 g/mol. The summed E-state index contributed by atoms with van der Waals surface area (Å²) in [6.07, 6.45) is 6.21. The highest BCUT2D eigenvalue weighted by Crippen LogP contribution is 2.26. The highest BCUT2D eigenvalue weighted by Gasteiger charge is 2.39. The maximum atomic E-state index is 12.0. The van der Waals surface area contributed by atoms with E-state index in [0.717, 1.165) is 12.3 Å². The van der Waals surface area contributed by atoms with Crippen molar-refractivity contribution in [3.63, 3.8) is 0 Å². The molecule has 1 heterocycles. The van der Waals surface area contributed by atoms with Crippen molar-refractivity contribution < 1.29 is 14.6 Å². The summed E-state index contributed by atoms with van der Waals surface area (Å²) in [5.74, 6) is 0.766. The van der Waals surface area contributed by atoms with E-state index in [9.17, 15) is 9.90 Å². The first-order valence-corrected chi connectivity index (χ1v) is 9.46. The summed E-state index contributed by atoms with van der Waals surface area (Å²) in [4.78, 5) is 16.1. The molecular formula is C20H30N2O3. The number of benzene rings is 1. The van der Waals surface area contributed by atoms with Gasteiger partial charge >= 0.3 is 0 Å². The Morgan fingerprint density at radius 2 is 1.88 bits per heavy atom. The lowest BCUT2D eigenvalue weighted by molar-refractivity contribution is -0.132. The second-order valence-corrected chi connectivity index (χ2v) is 7.53. The van der Waals surface area contributed by atoms with E-state index in [0.29, 0.717) is 25.7 Å². The number of amides is 1. The normalized spacial score (nSPS) is 26.2. The molecule has 2 aliphatic rings. The largest absolute Gasteiger partial charge is 0.490 e. The molecule has 5 nitrogen and oxygen atoms in total. The summed E-state index contributed by atoms with van der Waals surface area (Å²) in [6.45, 7) is 4.18. The molecule has 0 spiro atoms. The van der Waals surface area contributed by atoms with Crippen LogP contribution in [0.4, 0.5) is 0 Å². The molecule has 1 amide bonds. The van der Waals surface area contributed by atoms with Crippen molar-refractivity contribution in [3.05, 3.63) is 30.3 Å². The first-order chi connectivity index (χ1) is 12.1. The zero-order valence-electron chi connectivity index (χ0n) is 15.2. The molecule has 1 atom stereocenters. The number of nitrogens with zero attached hydrogens (tertiary/aromatic N) is 2.